The summed E-state index contributed by atoms with van der Waals surface area (Å²) in [7, 11) is 0. The van der Waals surface area contributed by atoms with Gasteiger partial charge in [-0.1, -0.05) is 26.0 Å². The quantitative estimate of drug-likeness (QED) is 0.595. The van der Waals surface area contributed by atoms with Crippen molar-refractivity contribution in [3.63, 3.8) is 0 Å². The molecule has 0 aliphatic carbocycles. The first-order valence-corrected chi connectivity index (χ1v) is 8.17. The molecule has 1 aromatic heterocycles. The number of hydrogen-bond acceptors (Lipinski definition) is 4. The fourth-order valence-electron chi connectivity index (χ4n) is 2.25. The van der Waals surface area contributed by atoms with E-state index < -0.39 is 18.5 Å². The zero-order chi connectivity index (χ0) is 18.4. The minimum Gasteiger partial charge on any atom is -0.451 e. The van der Waals surface area contributed by atoms with Crippen molar-refractivity contribution < 1.29 is 19.1 Å². The summed E-state index contributed by atoms with van der Waals surface area (Å²) >= 11 is 0. The molecule has 1 heterocycles. The molecule has 132 valence electrons. The SMILES string of the molecule is CC[C@H](C)c1ccc(NC(=O)COC(=O)c2cc(C(C)=O)c[nH]2)cc1. The van der Waals surface area contributed by atoms with Crippen molar-refractivity contribution in [3.8, 4) is 0 Å². The van der Waals surface area contributed by atoms with E-state index in [4.69, 9.17) is 4.74 Å². The molecule has 6 nitrogen and oxygen atoms in total. The summed E-state index contributed by atoms with van der Waals surface area (Å²) in [6, 6.07) is 8.99. The first kappa shape index (κ1) is 18.4. The van der Waals surface area contributed by atoms with Crippen LogP contribution in [0.3, 0.4) is 0 Å². The molecular weight excluding hydrogens is 320 g/mol. The van der Waals surface area contributed by atoms with Gasteiger partial charge in [0.15, 0.2) is 12.4 Å². The highest BCUT2D eigenvalue weighted by Gasteiger charge is 2.14. The summed E-state index contributed by atoms with van der Waals surface area (Å²) in [5, 5.41) is 2.68. The predicted octanol–water partition coefficient (Wildman–Crippen LogP) is 3.53. The Hall–Kier alpha value is -2.89. The lowest BCUT2D eigenvalue weighted by molar-refractivity contribution is -0.119. The van der Waals surface area contributed by atoms with Crippen LogP contribution in [0.5, 0.6) is 0 Å². The first-order valence-electron chi connectivity index (χ1n) is 8.17. The topological polar surface area (TPSA) is 88.3 Å². The van der Waals surface area contributed by atoms with Gasteiger partial charge >= 0.3 is 5.97 Å². The number of ketones is 1. The predicted molar refractivity (Wildman–Crippen MR) is 94.9 cm³/mol. The molecular formula is C19H22N2O4. The molecule has 0 unspecified atom stereocenters. The Morgan fingerprint density at radius 1 is 1.20 bits per heavy atom. The van der Waals surface area contributed by atoms with Gasteiger partial charge in [0.1, 0.15) is 5.69 Å². The Balaban J connectivity index is 1.85. The number of carbonyl (C=O) groups excluding carboxylic acids is 3. The molecule has 0 fully saturated rings. The molecule has 0 bridgehead atoms. The number of benzene rings is 1. The van der Waals surface area contributed by atoms with Crippen LogP contribution in [0.15, 0.2) is 36.5 Å². The van der Waals surface area contributed by atoms with Gasteiger partial charge in [0.2, 0.25) is 0 Å². The summed E-state index contributed by atoms with van der Waals surface area (Å²) in [6.07, 6.45) is 2.48. The van der Waals surface area contributed by atoms with Gasteiger partial charge in [-0.15, -0.1) is 0 Å². The lowest BCUT2D eigenvalue weighted by Crippen LogP contribution is -2.21. The second-order valence-electron chi connectivity index (χ2n) is 5.91. The third-order valence-electron chi connectivity index (χ3n) is 4.02. The zero-order valence-corrected chi connectivity index (χ0v) is 14.6. The van der Waals surface area contributed by atoms with Crippen LogP contribution in [0.1, 0.15) is 59.5 Å². The summed E-state index contributed by atoms with van der Waals surface area (Å²) < 4.78 is 4.94. The average molecular weight is 342 g/mol. The lowest BCUT2D eigenvalue weighted by Gasteiger charge is -2.10. The van der Waals surface area contributed by atoms with E-state index in [1.807, 2.05) is 24.3 Å². The molecule has 2 rings (SSSR count). The number of H-pyrrole nitrogens is 1. The molecule has 2 aromatic rings. The summed E-state index contributed by atoms with van der Waals surface area (Å²) in [5.74, 6) is -0.807. The monoisotopic (exact) mass is 342 g/mol. The fraction of sp³-hybridized carbons (Fsp3) is 0.316. The summed E-state index contributed by atoms with van der Waals surface area (Å²) in [5.41, 5.74) is 2.38. The first-order chi connectivity index (χ1) is 11.9. The van der Waals surface area contributed by atoms with Crippen molar-refractivity contribution in [1.82, 2.24) is 4.98 Å². The smallest absolute Gasteiger partial charge is 0.355 e. The van der Waals surface area contributed by atoms with E-state index in [9.17, 15) is 14.4 Å². The minimum atomic E-state index is -0.685. The number of aromatic amines is 1. The van der Waals surface area contributed by atoms with Gasteiger partial charge in [0.05, 0.1) is 0 Å². The Morgan fingerprint density at radius 3 is 2.44 bits per heavy atom. The Kier molecular flexibility index (Phi) is 6.11. The van der Waals surface area contributed by atoms with Gasteiger partial charge in [0, 0.05) is 17.4 Å². The van der Waals surface area contributed by atoms with Crippen molar-refractivity contribution in [2.75, 3.05) is 11.9 Å². The second kappa shape index (κ2) is 8.28. The van der Waals surface area contributed by atoms with E-state index in [1.54, 1.807) is 0 Å². The van der Waals surface area contributed by atoms with E-state index in [-0.39, 0.29) is 11.5 Å². The Morgan fingerprint density at radius 2 is 1.88 bits per heavy atom. The van der Waals surface area contributed by atoms with E-state index in [1.165, 1.54) is 24.8 Å². The number of ether oxygens (including phenoxy) is 1. The molecule has 0 aliphatic rings. The highest BCUT2D eigenvalue weighted by Crippen LogP contribution is 2.20. The van der Waals surface area contributed by atoms with Gasteiger partial charge in [-0.25, -0.2) is 4.79 Å². The van der Waals surface area contributed by atoms with Gasteiger partial charge in [-0.2, -0.15) is 0 Å². The van der Waals surface area contributed by atoms with Crippen molar-refractivity contribution in [1.29, 1.82) is 0 Å². The maximum absolute atomic E-state index is 11.9. The third-order valence-corrected chi connectivity index (χ3v) is 4.02. The maximum atomic E-state index is 11.9. The average Bonchev–Trinajstić information content (AvgIpc) is 3.10. The molecule has 2 N–H and O–H groups in total. The summed E-state index contributed by atoms with van der Waals surface area (Å²) in [6.45, 7) is 5.27. The van der Waals surface area contributed by atoms with Crippen molar-refractivity contribution >= 4 is 23.3 Å². The normalized spacial score (nSPS) is 11.6. The molecule has 0 radical (unpaired) electrons. The maximum Gasteiger partial charge on any atom is 0.355 e. The van der Waals surface area contributed by atoms with Gasteiger partial charge in [-0.3, -0.25) is 9.59 Å². The van der Waals surface area contributed by atoms with E-state index in [2.05, 4.69) is 24.1 Å². The molecule has 6 heteroatoms. The standard InChI is InChI=1S/C19H22N2O4/c1-4-12(2)14-5-7-16(8-6-14)21-18(23)11-25-19(24)17-9-15(10-20-17)13(3)22/h5-10,12,20H,4,11H2,1-3H3,(H,21,23)/t12-/m0/s1. The van der Waals surface area contributed by atoms with E-state index in [0.29, 0.717) is 17.2 Å². The van der Waals surface area contributed by atoms with Crippen molar-refractivity contribution in [2.45, 2.75) is 33.1 Å². The molecule has 1 amide bonds. The van der Waals surface area contributed by atoms with Crippen LogP contribution in [-0.4, -0.2) is 29.3 Å². The number of esters is 1. The number of hydrogen-bond donors (Lipinski definition) is 2. The highest BCUT2D eigenvalue weighted by atomic mass is 16.5. The molecule has 25 heavy (non-hydrogen) atoms. The molecule has 0 saturated carbocycles. The van der Waals surface area contributed by atoms with Crippen LogP contribution in [0, 0.1) is 0 Å². The molecule has 0 spiro atoms. The summed E-state index contributed by atoms with van der Waals surface area (Å²) in [4.78, 5) is 37.6. The van der Waals surface area contributed by atoms with Gasteiger partial charge in [0.25, 0.3) is 5.91 Å². The number of amides is 1. The third kappa shape index (κ3) is 5.04. The van der Waals surface area contributed by atoms with Crippen molar-refractivity contribution in [2.24, 2.45) is 0 Å². The molecule has 1 atom stereocenters. The van der Waals surface area contributed by atoms with Gasteiger partial charge < -0.3 is 15.0 Å². The van der Waals surface area contributed by atoms with Crippen LogP contribution >= 0.6 is 0 Å². The molecule has 0 aliphatic heterocycles. The van der Waals surface area contributed by atoms with Crippen LogP contribution in [-0.2, 0) is 9.53 Å². The van der Waals surface area contributed by atoms with E-state index >= 15 is 0 Å². The highest BCUT2D eigenvalue weighted by molar-refractivity contribution is 5.98. The lowest BCUT2D eigenvalue weighted by atomic mass is 9.99. The second-order valence-corrected chi connectivity index (χ2v) is 5.91. The number of nitrogens with one attached hydrogen (secondary N) is 2. The Labute approximate surface area is 146 Å². The minimum absolute atomic E-state index is 0.135. The van der Waals surface area contributed by atoms with Gasteiger partial charge in [-0.05, 0) is 43.0 Å². The number of rotatable bonds is 7. The molecule has 1 aromatic carbocycles. The molecule has 0 saturated heterocycles. The van der Waals surface area contributed by atoms with Crippen LogP contribution in [0.2, 0.25) is 0 Å². The zero-order valence-electron chi connectivity index (χ0n) is 14.6. The fourth-order valence-corrected chi connectivity index (χ4v) is 2.25. The van der Waals surface area contributed by atoms with Crippen molar-refractivity contribution in [3.05, 3.63) is 53.3 Å². The number of anilines is 1. The Bertz CT molecular complexity index is 762. The van der Waals surface area contributed by atoms with Crippen LogP contribution in [0.4, 0.5) is 5.69 Å². The number of Topliss-reactive ketones (excluding diaryl/α,β-unsaturated/α-hetero) is 1. The number of carbonyl (C=O) groups is 3. The van der Waals surface area contributed by atoms with Crippen LogP contribution < -0.4 is 5.32 Å². The van der Waals surface area contributed by atoms with E-state index in [0.717, 1.165) is 6.42 Å². The largest absolute Gasteiger partial charge is 0.451 e. The van der Waals surface area contributed by atoms with Crippen LogP contribution in [0.25, 0.3) is 0 Å². The number of aromatic nitrogens is 1.